The van der Waals surface area contributed by atoms with Crippen molar-refractivity contribution >= 4 is 0 Å². The fraction of sp³-hybridized carbons (Fsp3) is 0.636. The van der Waals surface area contributed by atoms with Crippen molar-refractivity contribution in [1.29, 1.82) is 0 Å². The first kappa shape index (κ1) is 15.3. The van der Waals surface area contributed by atoms with E-state index in [2.05, 4.69) is 31.8 Å². The van der Waals surface area contributed by atoms with Gasteiger partial charge >= 0.3 is 0 Å². The molecular weight excluding hydrogens is 283 g/mol. The van der Waals surface area contributed by atoms with Gasteiger partial charge in [0.05, 0.1) is 5.56 Å². The molecule has 0 N–H and O–H groups in total. The van der Waals surface area contributed by atoms with E-state index in [-0.39, 0.29) is 5.82 Å². The summed E-state index contributed by atoms with van der Waals surface area (Å²) in [5, 5.41) is 0. The Balaban J connectivity index is 1.74. The zero-order valence-corrected chi connectivity index (χ0v) is 14.6. The Hall–Kier alpha value is -1.29. The normalized spacial score (nSPS) is 38.1. The number of rotatable bonds is 0. The highest BCUT2D eigenvalue weighted by Gasteiger charge is 2.53. The Morgan fingerprint density at radius 1 is 1.17 bits per heavy atom. The van der Waals surface area contributed by atoms with Gasteiger partial charge in [0.25, 0.3) is 0 Å². The Morgan fingerprint density at radius 3 is 2.78 bits per heavy atom. The lowest BCUT2D eigenvalue weighted by Gasteiger charge is -2.50. The summed E-state index contributed by atoms with van der Waals surface area (Å²) in [6.45, 7) is 6.79. The van der Waals surface area contributed by atoms with Crippen LogP contribution >= 0.6 is 0 Å². The first-order chi connectivity index (χ1) is 11.0. The molecule has 0 nitrogen and oxygen atoms in total. The Morgan fingerprint density at radius 2 is 2.00 bits per heavy atom. The van der Waals surface area contributed by atoms with E-state index in [9.17, 15) is 4.39 Å². The largest absolute Gasteiger partial charge is 0.206 e. The van der Waals surface area contributed by atoms with Gasteiger partial charge in [0.1, 0.15) is 5.82 Å². The van der Waals surface area contributed by atoms with E-state index in [1.54, 1.807) is 13.0 Å². The van der Waals surface area contributed by atoms with Crippen molar-refractivity contribution in [2.45, 2.75) is 65.2 Å². The van der Waals surface area contributed by atoms with Gasteiger partial charge in [0, 0.05) is 0 Å². The highest BCUT2D eigenvalue weighted by atomic mass is 19.1. The van der Waals surface area contributed by atoms with Crippen LogP contribution in [0.5, 0.6) is 0 Å². The molecule has 0 saturated heterocycles. The van der Waals surface area contributed by atoms with Crippen LogP contribution in [0.4, 0.5) is 4.39 Å². The van der Waals surface area contributed by atoms with Crippen molar-refractivity contribution in [2.75, 3.05) is 0 Å². The molecule has 0 spiro atoms. The molecule has 2 saturated carbocycles. The van der Waals surface area contributed by atoms with Crippen LogP contribution in [0.25, 0.3) is 0 Å². The fourth-order valence-electron chi connectivity index (χ4n) is 6.08. The average molecular weight is 310 g/mol. The second-order valence-corrected chi connectivity index (χ2v) is 8.34. The van der Waals surface area contributed by atoms with E-state index in [0.717, 1.165) is 24.2 Å². The highest BCUT2D eigenvalue weighted by molar-refractivity contribution is 5.45. The first-order valence-electron chi connectivity index (χ1n) is 9.29. The molecule has 5 unspecified atom stereocenters. The minimum atomic E-state index is -0.133. The molecule has 0 amide bonds. The van der Waals surface area contributed by atoms with Crippen LogP contribution in [0.15, 0.2) is 12.1 Å². The molecule has 1 aromatic carbocycles. The molecule has 0 aliphatic heterocycles. The third-order valence-electron chi connectivity index (χ3n) is 7.55. The maximum absolute atomic E-state index is 14.2. The topological polar surface area (TPSA) is 0 Å². The number of hydrogen-bond acceptors (Lipinski definition) is 0. The van der Waals surface area contributed by atoms with Crippen LogP contribution in [0.1, 0.15) is 75.5 Å². The minimum Gasteiger partial charge on any atom is -0.206 e. The minimum absolute atomic E-state index is 0.133. The summed E-state index contributed by atoms with van der Waals surface area (Å²) < 4.78 is 14.2. The Kier molecular flexibility index (Phi) is 3.56. The SMILES string of the molecule is CC#Cc1cc2c(cc1F)CCC1C2CCC2(C)C(C)CCC12. The monoisotopic (exact) mass is 310 g/mol. The van der Waals surface area contributed by atoms with E-state index in [4.69, 9.17) is 0 Å². The summed E-state index contributed by atoms with van der Waals surface area (Å²) in [6, 6.07) is 3.86. The lowest BCUT2D eigenvalue weighted by molar-refractivity contribution is 0.0336. The lowest BCUT2D eigenvalue weighted by atomic mass is 9.54. The molecule has 1 heteroatoms. The molecule has 23 heavy (non-hydrogen) atoms. The highest BCUT2D eigenvalue weighted by Crippen LogP contribution is 2.62. The summed E-state index contributed by atoms with van der Waals surface area (Å²) in [7, 11) is 0. The van der Waals surface area contributed by atoms with E-state index in [1.807, 2.05) is 0 Å². The molecule has 0 heterocycles. The molecule has 1 aromatic rings. The summed E-state index contributed by atoms with van der Waals surface area (Å²) in [5.74, 6) is 8.87. The average Bonchev–Trinajstić information content (AvgIpc) is 2.84. The van der Waals surface area contributed by atoms with E-state index < -0.39 is 0 Å². The van der Waals surface area contributed by atoms with Gasteiger partial charge in [-0.15, -0.1) is 5.92 Å². The number of halogens is 1. The van der Waals surface area contributed by atoms with Crippen LogP contribution in [-0.4, -0.2) is 0 Å². The molecule has 3 aliphatic rings. The van der Waals surface area contributed by atoms with E-state index in [0.29, 0.717) is 16.9 Å². The molecule has 0 aromatic heterocycles. The van der Waals surface area contributed by atoms with E-state index >= 15 is 0 Å². The molecule has 2 fully saturated rings. The maximum Gasteiger partial charge on any atom is 0.139 e. The molecular formula is C22H27F. The zero-order chi connectivity index (χ0) is 16.2. The Labute approximate surface area is 139 Å². The van der Waals surface area contributed by atoms with E-state index in [1.165, 1.54) is 43.2 Å². The van der Waals surface area contributed by atoms with Crippen LogP contribution in [0, 0.1) is 40.8 Å². The second-order valence-electron chi connectivity index (χ2n) is 8.34. The zero-order valence-electron chi connectivity index (χ0n) is 14.6. The number of hydrogen-bond donors (Lipinski definition) is 0. The standard InChI is InChI=1S/C22H27F/c1-4-5-16-12-19-15(13-21(16)23)7-8-18-17(19)10-11-22(3)14(2)6-9-20(18)22/h12-14,17-18,20H,6-11H2,1-3H3. The second kappa shape index (κ2) is 5.37. The van der Waals surface area contributed by atoms with Crippen LogP contribution in [0.2, 0.25) is 0 Å². The predicted octanol–water partition coefficient (Wildman–Crippen LogP) is 5.69. The third-order valence-corrected chi connectivity index (χ3v) is 7.55. The molecule has 4 rings (SSSR count). The van der Waals surface area contributed by atoms with Gasteiger partial charge in [0.2, 0.25) is 0 Å². The van der Waals surface area contributed by atoms with Crippen molar-refractivity contribution in [1.82, 2.24) is 0 Å². The van der Waals surface area contributed by atoms with Gasteiger partial charge in [-0.1, -0.05) is 19.8 Å². The van der Waals surface area contributed by atoms with Gasteiger partial charge in [-0.3, -0.25) is 0 Å². The van der Waals surface area contributed by atoms with Gasteiger partial charge in [-0.2, -0.15) is 0 Å². The molecule has 5 atom stereocenters. The van der Waals surface area contributed by atoms with Crippen LogP contribution < -0.4 is 0 Å². The predicted molar refractivity (Wildman–Crippen MR) is 92.7 cm³/mol. The summed E-state index contributed by atoms with van der Waals surface area (Å²) in [5.41, 5.74) is 3.81. The van der Waals surface area contributed by atoms with Crippen molar-refractivity contribution in [3.63, 3.8) is 0 Å². The molecule has 3 aliphatic carbocycles. The fourth-order valence-corrected chi connectivity index (χ4v) is 6.08. The van der Waals surface area contributed by atoms with Crippen LogP contribution in [-0.2, 0) is 6.42 Å². The quantitative estimate of drug-likeness (QED) is 0.540. The number of aryl methyl sites for hydroxylation is 1. The number of benzene rings is 1. The molecule has 0 bridgehead atoms. The Bertz CT molecular complexity index is 692. The molecule has 0 radical (unpaired) electrons. The van der Waals surface area contributed by atoms with Gasteiger partial charge in [-0.05, 0) is 97.8 Å². The summed E-state index contributed by atoms with van der Waals surface area (Å²) >= 11 is 0. The summed E-state index contributed by atoms with van der Waals surface area (Å²) in [4.78, 5) is 0. The summed E-state index contributed by atoms with van der Waals surface area (Å²) in [6.07, 6.45) is 7.71. The number of fused-ring (bicyclic) bond motifs is 5. The lowest BCUT2D eigenvalue weighted by Crippen LogP contribution is -2.41. The first-order valence-corrected chi connectivity index (χ1v) is 9.29. The van der Waals surface area contributed by atoms with Gasteiger partial charge in [-0.25, -0.2) is 4.39 Å². The van der Waals surface area contributed by atoms with Crippen LogP contribution in [0.3, 0.4) is 0 Å². The van der Waals surface area contributed by atoms with Crippen molar-refractivity contribution in [3.05, 3.63) is 34.6 Å². The van der Waals surface area contributed by atoms with Crippen molar-refractivity contribution in [2.24, 2.45) is 23.2 Å². The van der Waals surface area contributed by atoms with Gasteiger partial charge < -0.3 is 0 Å². The maximum atomic E-state index is 14.2. The van der Waals surface area contributed by atoms with Crippen molar-refractivity contribution in [3.8, 4) is 11.8 Å². The molecule has 122 valence electrons. The van der Waals surface area contributed by atoms with Crippen molar-refractivity contribution < 1.29 is 4.39 Å². The smallest absolute Gasteiger partial charge is 0.139 e. The van der Waals surface area contributed by atoms with Gasteiger partial charge in [0.15, 0.2) is 0 Å². The third kappa shape index (κ3) is 2.18.